The van der Waals surface area contributed by atoms with E-state index in [1.807, 2.05) is 24.3 Å². The third-order valence-corrected chi connectivity index (χ3v) is 2.31. The van der Waals surface area contributed by atoms with Crippen molar-refractivity contribution in [2.24, 2.45) is 0 Å². The zero-order chi connectivity index (χ0) is 11.8. The second-order valence-electron chi connectivity index (χ2n) is 3.18. The molecule has 0 heterocycles. The van der Waals surface area contributed by atoms with Crippen molar-refractivity contribution >= 4 is 11.6 Å². The van der Waals surface area contributed by atoms with Gasteiger partial charge >= 0.3 is 0 Å². The number of hydrogen-bond acceptors (Lipinski definition) is 3. The molecule has 0 amide bonds. The van der Waals surface area contributed by atoms with Gasteiger partial charge in [0.1, 0.15) is 0 Å². The summed E-state index contributed by atoms with van der Waals surface area (Å²) in [6, 6.07) is 5.85. The Balaban J connectivity index is 2.60. The summed E-state index contributed by atoms with van der Waals surface area (Å²) in [5, 5.41) is 3.22. The number of benzene rings is 1. The van der Waals surface area contributed by atoms with Gasteiger partial charge in [0.15, 0.2) is 11.5 Å². The first kappa shape index (κ1) is 12.9. The van der Waals surface area contributed by atoms with Crippen LogP contribution in [0.5, 0.6) is 11.5 Å². The summed E-state index contributed by atoms with van der Waals surface area (Å²) in [5.41, 5.74) is 2.64. The molecule has 16 heavy (non-hydrogen) atoms. The first-order valence-electron chi connectivity index (χ1n) is 4.98. The van der Waals surface area contributed by atoms with Crippen LogP contribution in [0.3, 0.4) is 0 Å². The summed E-state index contributed by atoms with van der Waals surface area (Å²) < 4.78 is 10.4. The number of rotatable bonds is 6. The Morgan fingerprint density at radius 1 is 1.25 bits per heavy atom. The first-order valence-corrected chi connectivity index (χ1v) is 5.42. The van der Waals surface area contributed by atoms with Crippen molar-refractivity contribution in [2.45, 2.75) is 6.54 Å². The van der Waals surface area contributed by atoms with E-state index in [-0.39, 0.29) is 0 Å². The monoisotopic (exact) mass is 241 g/mol. The molecule has 1 aromatic carbocycles. The number of ether oxygens (including phenoxy) is 2. The van der Waals surface area contributed by atoms with Crippen molar-refractivity contribution in [1.82, 2.24) is 5.32 Å². The van der Waals surface area contributed by atoms with Gasteiger partial charge in [-0.15, -0.1) is 0 Å². The maximum atomic E-state index is 5.41. The molecule has 0 saturated heterocycles. The highest BCUT2D eigenvalue weighted by Crippen LogP contribution is 2.27. The fourth-order valence-electron chi connectivity index (χ4n) is 1.33. The van der Waals surface area contributed by atoms with E-state index in [2.05, 4.69) is 5.32 Å². The van der Waals surface area contributed by atoms with Crippen molar-refractivity contribution in [2.75, 3.05) is 20.8 Å². The molecule has 0 aliphatic carbocycles. The summed E-state index contributed by atoms with van der Waals surface area (Å²) >= 11 is 5.41. The average molecular weight is 242 g/mol. The van der Waals surface area contributed by atoms with Crippen molar-refractivity contribution in [1.29, 1.82) is 0 Å². The van der Waals surface area contributed by atoms with E-state index in [0.29, 0.717) is 0 Å². The molecule has 0 bridgehead atoms. The molecule has 88 valence electrons. The Bertz CT molecular complexity index is 353. The van der Waals surface area contributed by atoms with Gasteiger partial charge in [0.2, 0.25) is 0 Å². The molecule has 1 rings (SSSR count). The molecule has 0 radical (unpaired) electrons. The first-order chi connectivity index (χ1) is 7.81. The molecule has 0 unspecified atom stereocenters. The lowest BCUT2D eigenvalue weighted by Crippen LogP contribution is -2.12. The van der Waals surface area contributed by atoms with Gasteiger partial charge in [-0.2, -0.15) is 0 Å². The molecule has 1 N–H and O–H groups in total. The van der Waals surface area contributed by atoms with E-state index < -0.39 is 0 Å². The van der Waals surface area contributed by atoms with Gasteiger partial charge in [-0.25, -0.2) is 0 Å². The number of methoxy groups -OCH3 is 2. The molecule has 0 spiro atoms. The number of nitrogens with one attached hydrogen (secondary N) is 1. The van der Waals surface area contributed by atoms with E-state index in [0.717, 1.165) is 30.2 Å². The summed E-state index contributed by atoms with van der Waals surface area (Å²) in [4.78, 5) is 0. The predicted molar refractivity (Wildman–Crippen MR) is 66.2 cm³/mol. The summed E-state index contributed by atoms with van der Waals surface area (Å²) in [6.07, 6.45) is 1.85. The maximum Gasteiger partial charge on any atom is 0.161 e. The van der Waals surface area contributed by atoms with Gasteiger partial charge in [0, 0.05) is 18.6 Å². The molecular weight excluding hydrogens is 226 g/mol. The highest BCUT2D eigenvalue weighted by atomic mass is 35.5. The summed E-state index contributed by atoms with van der Waals surface area (Å²) in [6.45, 7) is 1.51. The molecule has 0 aliphatic heterocycles. The van der Waals surface area contributed by atoms with E-state index >= 15 is 0 Å². The van der Waals surface area contributed by atoms with Crippen LogP contribution in [0.15, 0.2) is 29.8 Å². The summed E-state index contributed by atoms with van der Waals surface area (Å²) in [5.74, 6) is 1.49. The van der Waals surface area contributed by atoms with E-state index in [4.69, 9.17) is 21.1 Å². The summed E-state index contributed by atoms with van der Waals surface area (Å²) in [7, 11) is 3.26. The van der Waals surface area contributed by atoms with Crippen molar-refractivity contribution in [3.63, 3.8) is 0 Å². The Morgan fingerprint density at radius 2 is 2.00 bits per heavy atom. The lowest BCUT2D eigenvalue weighted by atomic mass is 10.2. The third-order valence-electron chi connectivity index (χ3n) is 2.13. The number of halogens is 1. The Morgan fingerprint density at radius 3 is 2.62 bits per heavy atom. The normalized spacial score (nSPS) is 10.7. The van der Waals surface area contributed by atoms with Crippen molar-refractivity contribution in [3.8, 4) is 11.5 Å². The van der Waals surface area contributed by atoms with Gasteiger partial charge in [-0.3, -0.25) is 0 Å². The van der Waals surface area contributed by atoms with E-state index in [9.17, 15) is 0 Å². The quantitative estimate of drug-likeness (QED) is 0.777. The molecule has 0 aliphatic rings. The SMILES string of the molecule is COc1ccc(CNC/C=C/Cl)cc1OC. The predicted octanol–water partition coefficient (Wildman–Crippen LogP) is 2.55. The topological polar surface area (TPSA) is 30.5 Å². The Kier molecular flexibility index (Phi) is 5.75. The lowest BCUT2D eigenvalue weighted by Gasteiger charge is -2.09. The molecule has 3 nitrogen and oxygen atoms in total. The van der Waals surface area contributed by atoms with Crippen LogP contribution in [0.4, 0.5) is 0 Å². The van der Waals surface area contributed by atoms with Gasteiger partial charge in [0.05, 0.1) is 14.2 Å². The zero-order valence-corrected chi connectivity index (χ0v) is 10.3. The van der Waals surface area contributed by atoms with Crippen LogP contribution in [0, 0.1) is 0 Å². The minimum absolute atomic E-state index is 0.743. The van der Waals surface area contributed by atoms with Crippen LogP contribution in [-0.2, 0) is 6.54 Å². The van der Waals surface area contributed by atoms with E-state index in [1.165, 1.54) is 5.54 Å². The third kappa shape index (κ3) is 3.76. The van der Waals surface area contributed by atoms with Crippen LogP contribution in [-0.4, -0.2) is 20.8 Å². The molecular formula is C12H16ClNO2. The van der Waals surface area contributed by atoms with Gasteiger partial charge in [0.25, 0.3) is 0 Å². The number of hydrogen-bond donors (Lipinski definition) is 1. The van der Waals surface area contributed by atoms with Crippen LogP contribution >= 0.6 is 11.6 Å². The molecule has 0 saturated carbocycles. The molecule has 0 atom stereocenters. The standard InChI is InChI=1S/C12H16ClNO2/c1-15-11-5-4-10(8-12(11)16-2)9-14-7-3-6-13/h3-6,8,14H,7,9H2,1-2H3/b6-3+. The van der Waals surface area contributed by atoms with Gasteiger partial charge < -0.3 is 14.8 Å². The van der Waals surface area contributed by atoms with Gasteiger partial charge in [-0.05, 0) is 17.7 Å². The van der Waals surface area contributed by atoms with Crippen LogP contribution < -0.4 is 14.8 Å². The maximum absolute atomic E-state index is 5.41. The largest absolute Gasteiger partial charge is 0.493 e. The second-order valence-corrected chi connectivity index (χ2v) is 3.43. The molecule has 4 heteroatoms. The van der Waals surface area contributed by atoms with Crippen molar-refractivity contribution < 1.29 is 9.47 Å². The minimum Gasteiger partial charge on any atom is -0.493 e. The van der Waals surface area contributed by atoms with E-state index in [1.54, 1.807) is 14.2 Å². The van der Waals surface area contributed by atoms with Crippen LogP contribution in [0.1, 0.15) is 5.56 Å². The molecule has 0 aromatic heterocycles. The lowest BCUT2D eigenvalue weighted by molar-refractivity contribution is 0.354. The fraction of sp³-hybridized carbons (Fsp3) is 0.333. The van der Waals surface area contributed by atoms with Crippen LogP contribution in [0.25, 0.3) is 0 Å². The second kappa shape index (κ2) is 7.14. The van der Waals surface area contributed by atoms with Crippen LogP contribution in [0.2, 0.25) is 0 Å². The minimum atomic E-state index is 0.743. The molecule has 0 fully saturated rings. The highest BCUT2D eigenvalue weighted by Gasteiger charge is 2.03. The molecule has 1 aromatic rings. The smallest absolute Gasteiger partial charge is 0.161 e. The average Bonchev–Trinajstić information content (AvgIpc) is 2.34. The fourth-order valence-corrected chi connectivity index (χ4v) is 1.42. The van der Waals surface area contributed by atoms with Gasteiger partial charge in [-0.1, -0.05) is 23.7 Å². The zero-order valence-electron chi connectivity index (χ0n) is 9.50. The Hall–Kier alpha value is -1.19. The highest BCUT2D eigenvalue weighted by molar-refractivity contribution is 6.25. The van der Waals surface area contributed by atoms with Crippen molar-refractivity contribution in [3.05, 3.63) is 35.4 Å². The Labute approximate surface area is 101 Å².